The summed E-state index contributed by atoms with van der Waals surface area (Å²) in [5.41, 5.74) is -0.354. The van der Waals surface area contributed by atoms with Crippen molar-refractivity contribution in [3.05, 3.63) is 10.6 Å². The molecular formula is C7H7ClO5. The van der Waals surface area contributed by atoms with Crippen molar-refractivity contribution in [3.63, 3.8) is 0 Å². The van der Waals surface area contributed by atoms with E-state index in [4.69, 9.17) is 21.8 Å². The predicted octanol–water partition coefficient (Wildman–Crippen LogP) is 0.628. The molecule has 0 aromatic heterocycles. The molecule has 0 saturated carbocycles. The van der Waals surface area contributed by atoms with Crippen molar-refractivity contribution in [3.8, 4) is 0 Å². The van der Waals surface area contributed by atoms with Crippen LogP contribution >= 0.6 is 11.6 Å². The van der Waals surface area contributed by atoms with E-state index >= 15 is 0 Å². The van der Waals surface area contributed by atoms with Crippen LogP contribution in [0.3, 0.4) is 0 Å². The fraction of sp³-hybridized carbons (Fsp3) is 0.286. The largest absolute Gasteiger partial charge is 0.481 e. The highest BCUT2D eigenvalue weighted by Crippen LogP contribution is 2.12. The SMILES string of the molecule is C/C(C(=O)O)=C(\Cl)C(=O)CC(=O)O. The first-order valence-electron chi connectivity index (χ1n) is 3.21. The third-order valence-corrected chi connectivity index (χ3v) is 1.70. The van der Waals surface area contributed by atoms with Crippen LogP contribution in [0.4, 0.5) is 0 Å². The molecule has 0 spiro atoms. The number of halogens is 1. The third kappa shape index (κ3) is 3.71. The lowest BCUT2D eigenvalue weighted by Crippen LogP contribution is -2.10. The summed E-state index contributed by atoms with van der Waals surface area (Å²) < 4.78 is 0. The van der Waals surface area contributed by atoms with Crippen molar-refractivity contribution >= 4 is 29.3 Å². The van der Waals surface area contributed by atoms with Gasteiger partial charge in [0.15, 0.2) is 5.78 Å². The molecule has 0 aromatic rings. The van der Waals surface area contributed by atoms with Gasteiger partial charge >= 0.3 is 11.9 Å². The Labute approximate surface area is 78.6 Å². The smallest absolute Gasteiger partial charge is 0.332 e. The van der Waals surface area contributed by atoms with Gasteiger partial charge in [-0.1, -0.05) is 11.6 Å². The number of hydrogen-bond acceptors (Lipinski definition) is 3. The van der Waals surface area contributed by atoms with E-state index in [1.165, 1.54) is 0 Å². The molecule has 0 aromatic carbocycles. The van der Waals surface area contributed by atoms with E-state index in [0.29, 0.717) is 0 Å². The molecule has 0 aliphatic heterocycles. The second-order valence-corrected chi connectivity index (χ2v) is 2.62. The minimum Gasteiger partial charge on any atom is -0.481 e. The van der Waals surface area contributed by atoms with Crippen LogP contribution in [0.5, 0.6) is 0 Å². The lowest BCUT2D eigenvalue weighted by molar-refractivity contribution is -0.139. The van der Waals surface area contributed by atoms with Crippen LogP contribution in [-0.4, -0.2) is 27.9 Å². The standard InChI is InChI=1S/C7H7ClO5/c1-3(7(12)13)6(8)4(9)2-5(10)11/h2H2,1H3,(H,10,11)(H,12,13)/b6-3+. The number of aliphatic carboxylic acids is 2. The van der Waals surface area contributed by atoms with Gasteiger partial charge < -0.3 is 10.2 Å². The number of carboxylic acids is 2. The maximum atomic E-state index is 10.9. The molecule has 0 saturated heterocycles. The maximum absolute atomic E-state index is 10.9. The molecule has 0 heterocycles. The van der Waals surface area contributed by atoms with E-state index in [1.54, 1.807) is 0 Å². The predicted molar refractivity (Wildman–Crippen MR) is 43.4 cm³/mol. The van der Waals surface area contributed by atoms with Gasteiger partial charge in [0, 0.05) is 0 Å². The van der Waals surface area contributed by atoms with Gasteiger partial charge in [-0.2, -0.15) is 0 Å². The van der Waals surface area contributed by atoms with Gasteiger partial charge in [-0.25, -0.2) is 4.79 Å². The summed E-state index contributed by atoms with van der Waals surface area (Å²) in [6, 6.07) is 0. The Bertz CT molecular complexity index is 291. The van der Waals surface area contributed by atoms with E-state index in [1.807, 2.05) is 0 Å². The van der Waals surface area contributed by atoms with E-state index in [2.05, 4.69) is 0 Å². The number of ketones is 1. The maximum Gasteiger partial charge on any atom is 0.332 e. The number of Topliss-reactive ketones (excluding diaryl/α,β-unsaturated/α-hetero) is 1. The normalized spacial score (nSPS) is 11.8. The van der Waals surface area contributed by atoms with Crippen LogP contribution < -0.4 is 0 Å². The number of rotatable bonds is 4. The lowest BCUT2D eigenvalue weighted by atomic mass is 10.2. The van der Waals surface area contributed by atoms with Gasteiger partial charge in [0.25, 0.3) is 0 Å². The molecular weight excluding hydrogens is 200 g/mol. The van der Waals surface area contributed by atoms with Crippen molar-refractivity contribution in [1.29, 1.82) is 0 Å². The summed E-state index contributed by atoms with van der Waals surface area (Å²) in [7, 11) is 0. The molecule has 0 rings (SSSR count). The van der Waals surface area contributed by atoms with Crippen LogP contribution in [0.25, 0.3) is 0 Å². The van der Waals surface area contributed by atoms with Crippen LogP contribution in [0, 0.1) is 0 Å². The minimum atomic E-state index is -1.35. The number of carbonyl (C=O) groups excluding carboxylic acids is 1. The van der Waals surface area contributed by atoms with Crippen LogP contribution in [0.1, 0.15) is 13.3 Å². The molecule has 0 bridgehead atoms. The summed E-state index contributed by atoms with van der Waals surface area (Å²) in [6.45, 7) is 1.13. The van der Waals surface area contributed by atoms with Gasteiger partial charge in [0.05, 0.1) is 10.6 Å². The summed E-state index contributed by atoms with van der Waals surface area (Å²) in [4.78, 5) is 31.2. The quantitative estimate of drug-likeness (QED) is 0.520. The monoisotopic (exact) mass is 206 g/mol. The average molecular weight is 207 g/mol. The second kappa shape index (κ2) is 4.61. The van der Waals surface area contributed by atoms with Crippen molar-refractivity contribution < 1.29 is 24.6 Å². The number of carboxylic acid groups (broad SMARTS) is 2. The highest BCUT2D eigenvalue weighted by Gasteiger charge is 2.17. The summed E-state index contributed by atoms with van der Waals surface area (Å²) in [5.74, 6) is -3.60. The average Bonchev–Trinajstić information content (AvgIpc) is 2.00. The molecule has 0 unspecified atom stereocenters. The van der Waals surface area contributed by atoms with Crippen LogP contribution in [0.15, 0.2) is 10.6 Å². The Balaban J connectivity index is 4.68. The zero-order chi connectivity index (χ0) is 10.6. The molecule has 0 aliphatic carbocycles. The molecule has 0 aliphatic rings. The first-order valence-corrected chi connectivity index (χ1v) is 3.58. The van der Waals surface area contributed by atoms with Gasteiger partial charge in [-0.15, -0.1) is 0 Å². The fourth-order valence-electron chi connectivity index (χ4n) is 0.518. The van der Waals surface area contributed by atoms with E-state index in [0.717, 1.165) is 6.92 Å². The van der Waals surface area contributed by atoms with E-state index in [9.17, 15) is 14.4 Å². The number of carbonyl (C=O) groups is 3. The zero-order valence-electron chi connectivity index (χ0n) is 6.70. The topological polar surface area (TPSA) is 91.7 Å². The fourth-order valence-corrected chi connectivity index (χ4v) is 0.666. The van der Waals surface area contributed by atoms with Crippen LogP contribution in [-0.2, 0) is 14.4 Å². The minimum absolute atomic E-state index is 0.354. The molecule has 0 amide bonds. The summed E-state index contributed by atoms with van der Waals surface area (Å²) in [5, 5.41) is 16.1. The first-order chi connectivity index (χ1) is 5.86. The highest BCUT2D eigenvalue weighted by molar-refractivity contribution is 6.45. The van der Waals surface area contributed by atoms with Gasteiger partial charge in [-0.05, 0) is 6.92 Å². The second-order valence-electron chi connectivity index (χ2n) is 2.24. The van der Waals surface area contributed by atoms with Crippen molar-refractivity contribution in [2.45, 2.75) is 13.3 Å². The Hall–Kier alpha value is -1.36. The zero-order valence-corrected chi connectivity index (χ0v) is 7.46. The molecule has 0 fully saturated rings. The first kappa shape index (κ1) is 11.6. The van der Waals surface area contributed by atoms with Crippen molar-refractivity contribution in [2.24, 2.45) is 0 Å². The molecule has 0 radical (unpaired) electrons. The molecule has 2 N–H and O–H groups in total. The molecule has 0 atom stereocenters. The van der Waals surface area contributed by atoms with Crippen molar-refractivity contribution in [2.75, 3.05) is 0 Å². The van der Waals surface area contributed by atoms with Gasteiger partial charge in [0.2, 0.25) is 0 Å². The number of allylic oxidation sites excluding steroid dienone is 1. The Kier molecular flexibility index (Phi) is 4.13. The molecule has 6 heteroatoms. The van der Waals surface area contributed by atoms with E-state index in [-0.39, 0.29) is 5.57 Å². The van der Waals surface area contributed by atoms with Gasteiger partial charge in [0.1, 0.15) is 6.42 Å². The Morgan fingerprint density at radius 3 is 2.00 bits per heavy atom. The Morgan fingerprint density at radius 1 is 1.23 bits per heavy atom. The molecule has 13 heavy (non-hydrogen) atoms. The summed E-state index contributed by atoms with van der Waals surface area (Å²) in [6.07, 6.45) is -0.802. The van der Waals surface area contributed by atoms with E-state index < -0.39 is 29.2 Å². The molecule has 72 valence electrons. The molecule has 5 nitrogen and oxygen atoms in total. The Morgan fingerprint density at radius 2 is 1.69 bits per heavy atom. The number of hydrogen-bond donors (Lipinski definition) is 2. The van der Waals surface area contributed by atoms with Gasteiger partial charge in [-0.3, -0.25) is 9.59 Å². The highest BCUT2D eigenvalue weighted by atomic mass is 35.5. The third-order valence-electron chi connectivity index (χ3n) is 1.21. The lowest BCUT2D eigenvalue weighted by Gasteiger charge is -1.97. The van der Waals surface area contributed by atoms with Crippen molar-refractivity contribution in [1.82, 2.24) is 0 Å². The summed E-state index contributed by atoms with van der Waals surface area (Å²) >= 11 is 5.31. The van der Waals surface area contributed by atoms with Crippen LogP contribution in [0.2, 0.25) is 0 Å².